The molecule has 0 aliphatic carbocycles. The standard InChI is InChI=1S/C16H19N3O5/c1-10-12(18-16(24-10)11-3-6-23-9-11)8-19-5-4-17-15(21)13(19)7-14(20)22-2/h3,6,9,13H,4-5,7-8H2,1-2H3,(H,17,21). The lowest BCUT2D eigenvalue weighted by atomic mass is 10.1. The third-order valence-corrected chi connectivity index (χ3v) is 4.04. The topological polar surface area (TPSA) is 97.8 Å². The van der Waals surface area contributed by atoms with E-state index in [1.165, 1.54) is 7.11 Å². The highest BCUT2D eigenvalue weighted by Crippen LogP contribution is 2.24. The van der Waals surface area contributed by atoms with Gasteiger partial charge >= 0.3 is 5.97 Å². The number of piperazine rings is 1. The number of oxazole rings is 1. The van der Waals surface area contributed by atoms with Gasteiger partial charge in [0.1, 0.15) is 18.1 Å². The predicted octanol–water partition coefficient (Wildman–Crippen LogP) is 1.11. The monoisotopic (exact) mass is 333 g/mol. The normalized spacial score (nSPS) is 18.4. The number of rotatable bonds is 5. The Balaban J connectivity index is 1.78. The van der Waals surface area contributed by atoms with Crippen LogP contribution in [0.4, 0.5) is 0 Å². The highest BCUT2D eigenvalue weighted by atomic mass is 16.5. The predicted molar refractivity (Wildman–Crippen MR) is 82.8 cm³/mol. The van der Waals surface area contributed by atoms with Gasteiger partial charge in [-0.1, -0.05) is 0 Å². The Hall–Kier alpha value is -2.61. The lowest BCUT2D eigenvalue weighted by Crippen LogP contribution is -2.55. The first-order chi connectivity index (χ1) is 11.6. The molecule has 1 N–H and O–H groups in total. The van der Waals surface area contributed by atoms with Crippen LogP contribution >= 0.6 is 0 Å². The summed E-state index contributed by atoms with van der Waals surface area (Å²) >= 11 is 0. The lowest BCUT2D eigenvalue weighted by molar-refractivity contribution is -0.146. The minimum absolute atomic E-state index is 0.00776. The van der Waals surface area contributed by atoms with Gasteiger partial charge in [-0.25, -0.2) is 4.98 Å². The van der Waals surface area contributed by atoms with Crippen molar-refractivity contribution in [1.29, 1.82) is 0 Å². The zero-order valence-electron chi connectivity index (χ0n) is 13.6. The van der Waals surface area contributed by atoms with E-state index in [-0.39, 0.29) is 12.3 Å². The van der Waals surface area contributed by atoms with E-state index in [0.29, 0.717) is 31.3 Å². The number of carbonyl (C=O) groups excluding carboxylic acids is 2. The summed E-state index contributed by atoms with van der Waals surface area (Å²) < 4.78 is 15.4. The largest absolute Gasteiger partial charge is 0.472 e. The maximum atomic E-state index is 12.1. The van der Waals surface area contributed by atoms with E-state index in [1.807, 2.05) is 11.8 Å². The van der Waals surface area contributed by atoms with E-state index in [0.717, 1.165) is 11.3 Å². The van der Waals surface area contributed by atoms with Crippen LogP contribution in [0, 0.1) is 6.92 Å². The molecule has 2 aromatic heterocycles. The van der Waals surface area contributed by atoms with Crippen molar-refractivity contribution in [1.82, 2.24) is 15.2 Å². The second-order valence-electron chi connectivity index (χ2n) is 5.59. The summed E-state index contributed by atoms with van der Waals surface area (Å²) in [5.74, 6) is 0.553. The van der Waals surface area contributed by atoms with Crippen molar-refractivity contribution in [2.75, 3.05) is 20.2 Å². The molecule has 0 saturated carbocycles. The second kappa shape index (κ2) is 6.88. The summed E-state index contributed by atoms with van der Waals surface area (Å²) in [6, 6.07) is 1.20. The van der Waals surface area contributed by atoms with Crippen molar-refractivity contribution in [2.24, 2.45) is 0 Å². The molecule has 0 radical (unpaired) electrons. The molecule has 0 bridgehead atoms. The van der Waals surface area contributed by atoms with Gasteiger partial charge in [-0.15, -0.1) is 0 Å². The molecule has 0 aromatic carbocycles. The van der Waals surface area contributed by atoms with E-state index in [2.05, 4.69) is 15.0 Å². The van der Waals surface area contributed by atoms with Gasteiger partial charge in [-0.2, -0.15) is 0 Å². The minimum atomic E-state index is -0.570. The van der Waals surface area contributed by atoms with Gasteiger partial charge in [0, 0.05) is 19.6 Å². The minimum Gasteiger partial charge on any atom is -0.472 e. The summed E-state index contributed by atoms with van der Waals surface area (Å²) in [4.78, 5) is 30.1. The summed E-state index contributed by atoms with van der Waals surface area (Å²) in [5, 5.41) is 2.77. The Morgan fingerprint density at radius 1 is 1.54 bits per heavy atom. The van der Waals surface area contributed by atoms with Gasteiger partial charge in [-0.3, -0.25) is 14.5 Å². The average Bonchev–Trinajstić information content (AvgIpc) is 3.21. The van der Waals surface area contributed by atoms with Gasteiger partial charge in [-0.05, 0) is 13.0 Å². The lowest BCUT2D eigenvalue weighted by Gasteiger charge is -2.33. The quantitative estimate of drug-likeness (QED) is 0.818. The van der Waals surface area contributed by atoms with Crippen molar-refractivity contribution in [3.05, 3.63) is 30.0 Å². The van der Waals surface area contributed by atoms with Crippen molar-refractivity contribution >= 4 is 11.9 Å². The first-order valence-corrected chi connectivity index (χ1v) is 7.66. The molecule has 1 amide bonds. The summed E-state index contributed by atoms with van der Waals surface area (Å²) in [6.07, 6.45) is 3.12. The third kappa shape index (κ3) is 3.33. The van der Waals surface area contributed by atoms with Crippen LogP contribution < -0.4 is 5.32 Å². The number of aromatic nitrogens is 1. The van der Waals surface area contributed by atoms with Crippen LogP contribution in [0.5, 0.6) is 0 Å². The van der Waals surface area contributed by atoms with Crippen LogP contribution in [0.25, 0.3) is 11.5 Å². The van der Waals surface area contributed by atoms with Crippen molar-refractivity contribution in [3.63, 3.8) is 0 Å². The fourth-order valence-electron chi connectivity index (χ4n) is 2.69. The molecule has 8 nitrogen and oxygen atoms in total. The van der Waals surface area contributed by atoms with Crippen LogP contribution in [0.15, 0.2) is 27.4 Å². The Labute approximate surface area is 138 Å². The molecular formula is C16H19N3O5. The first-order valence-electron chi connectivity index (χ1n) is 7.66. The van der Waals surface area contributed by atoms with Gasteiger partial charge in [0.15, 0.2) is 0 Å². The van der Waals surface area contributed by atoms with Gasteiger partial charge in [0.2, 0.25) is 11.8 Å². The average molecular weight is 333 g/mol. The van der Waals surface area contributed by atoms with E-state index in [9.17, 15) is 9.59 Å². The molecule has 1 atom stereocenters. The molecule has 3 heterocycles. The van der Waals surface area contributed by atoms with Crippen molar-refractivity contribution in [3.8, 4) is 11.5 Å². The fraction of sp³-hybridized carbons (Fsp3) is 0.438. The molecular weight excluding hydrogens is 314 g/mol. The smallest absolute Gasteiger partial charge is 0.307 e. The highest BCUT2D eigenvalue weighted by molar-refractivity contribution is 5.87. The maximum Gasteiger partial charge on any atom is 0.307 e. The van der Waals surface area contributed by atoms with Gasteiger partial charge in [0.05, 0.1) is 31.1 Å². The number of furan rings is 1. The Kier molecular flexibility index (Phi) is 4.66. The molecule has 1 fully saturated rings. The molecule has 1 aliphatic heterocycles. The Morgan fingerprint density at radius 2 is 2.38 bits per heavy atom. The second-order valence-corrected chi connectivity index (χ2v) is 5.59. The summed E-state index contributed by atoms with van der Waals surface area (Å²) in [5.41, 5.74) is 1.49. The van der Waals surface area contributed by atoms with Crippen LogP contribution in [0.3, 0.4) is 0 Å². The number of ether oxygens (including phenoxy) is 1. The van der Waals surface area contributed by atoms with Crippen molar-refractivity contribution < 1.29 is 23.2 Å². The van der Waals surface area contributed by atoms with Crippen LogP contribution in [0.1, 0.15) is 17.9 Å². The molecule has 1 aliphatic rings. The number of nitrogens with zero attached hydrogens (tertiary/aromatic N) is 2. The number of aryl methyl sites for hydroxylation is 1. The zero-order chi connectivity index (χ0) is 17.1. The van der Waals surface area contributed by atoms with Crippen LogP contribution in [0.2, 0.25) is 0 Å². The van der Waals surface area contributed by atoms with Gasteiger partial charge < -0.3 is 18.9 Å². The Bertz CT molecular complexity index is 722. The van der Waals surface area contributed by atoms with E-state index >= 15 is 0 Å². The first kappa shape index (κ1) is 16.3. The number of methoxy groups -OCH3 is 1. The molecule has 0 spiro atoms. The number of carbonyl (C=O) groups is 2. The third-order valence-electron chi connectivity index (χ3n) is 4.04. The van der Waals surface area contributed by atoms with Crippen molar-refractivity contribution in [2.45, 2.75) is 25.9 Å². The van der Waals surface area contributed by atoms with E-state index < -0.39 is 12.0 Å². The van der Waals surface area contributed by atoms with E-state index in [4.69, 9.17) is 8.83 Å². The zero-order valence-corrected chi connectivity index (χ0v) is 13.6. The number of esters is 1. The summed E-state index contributed by atoms with van der Waals surface area (Å²) in [7, 11) is 1.31. The molecule has 8 heteroatoms. The number of amides is 1. The van der Waals surface area contributed by atoms with E-state index in [1.54, 1.807) is 18.6 Å². The molecule has 24 heavy (non-hydrogen) atoms. The number of hydrogen-bond donors (Lipinski definition) is 1. The number of nitrogens with one attached hydrogen (secondary N) is 1. The molecule has 3 rings (SSSR count). The molecule has 128 valence electrons. The Morgan fingerprint density at radius 3 is 3.08 bits per heavy atom. The highest BCUT2D eigenvalue weighted by Gasteiger charge is 2.33. The maximum absolute atomic E-state index is 12.1. The molecule has 2 aromatic rings. The van der Waals surface area contributed by atoms with Gasteiger partial charge in [0.25, 0.3) is 0 Å². The molecule has 1 unspecified atom stereocenters. The van der Waals surface area contributed by atoms with Crippen LogP contribution in [-0.2, 0) is 20.9 Å². The SMILES string of the molecule is COC(=O)CC1C(=O)NCCN1Cc1nc(-c2ccoc2)oc1C. The fourth-order valence-corrected chi connectivity index (χ4v) is 2.69. The van der Waals surface area contributed by atoms with Crippen LogP contribution in [-0.4, -0.2) is 48.0 Å². The number of hydrogen-bond acceptors (Lipinski definition) is 7. The molecule has 1 saturated heterocycles. The summed E-state index contributed by atoms with van der Waals surface area (Å²) in [6.45, 7) is 3.40.